The van der Waals surface area contributed by atoms with E-state index in [1.807, 2.05) is 4.90 Å². The number of halogens is 2. The first kappa shape index (κ1) is 18.2. The lowest BCUT2D eigenvalue weighted by Gasteiger charge is -2.36. The summed E-state index contributed by atoms with van der Waals surface area (Å²) < 4.78 is 27.4. The number of piperazine rings is 1. The minimum Gasteiger partial charge on any atom is -0.366 e. The van der Waals surface area contributed by atoms with Gasteiger partial charge in [0.05, 0.1) is 11.4 Å². The molecule has 1 aromatic heterocycles. The van der Waals surface area contributed by atoms with Crippen LogP contribution in [0, 0.1) is 18.6 Å². The number of carbonyl (C=O) groups is 1. The summed E-state index contributed by atoms with van der Waals surface area (Å²) in [5.41, 5.74) is 2.81. The van der Waals surface area contributed by atoms with Gasteiger partial charge in [0.25, 0.3) is 5.91 Å². The number of nitrogens with one attached hydrogen (secondary N) is 1. The van der Waals surface area contributed by atoms with Gasteiger partial charge in [-0.25, -0.2) is 8.78 Å². The van der Waals surface area contributed by atoms with Crippen LogP contribution in [-0.2, 0) is 0 Å². The van der Waals surface area contributed by atoms with E-state index in [0.717, 1.165) is 5.56 Å². The minimum absolute atomic E-state index is 0.147. The fourth-order valence-corrected chi connectivity index (χ4v) is 3.41. The molecule has 0 atom stereocenters. The molecule has 0 spiro atoms. The van der Waals surface area contributed by atoms with Crippen LogP contribution in [0.25, 0.3) is 11.3 Å². The molecule has 5 nitrogen and oxygen atoms in total. The van der Waals surface area contributed by atoms with E-state index in [1.165, 1.54) is 12.1 Å². The Morgan fingerprint density at radius 2 is 1.75 bits per heavy atom. The van der Waals surface area contributed by atoms with Crippen molar-refractivity contribution in [3.63, 3.8) is 0 Å². The van der Waals surface area contributed by atoms with E-state index in [1.54, 1.807) is 48.2 Å². The quantitative estimate of drug-likeness (QED) is 0.753. The fraction of sp³-hybridized carbons (Fsp3) is 0.238. The molecule has 1 aliphatic rings. The number of hydrogen-bond donors (Lipinski definition) is 1. The maximum atomic E-state index is 14.0. The van der Waals surface area contributed by atoms with Gasteiger partial charge in [-0.1, -0.05) is 12.1 Å². The van der Waals surface area contributed by atoms with Gasteiger partial charge in [-0.05, 0) is 48.9 Å². The number of aromatic amines is 1. The van der Waals surface area contributed by atoms with Crippen LogP contribution in [0.5, 0.6) is 0 Å². The van der Waals surface area contributed by atoms with Crippen molar-refractivity contribution >= 4 is 11.6 Å². The van der Waals surface area contributed by atoms with Gasteiger partial charge in [0.15, 0.2) is 0 Å². The van der Waals surface area contributed by atoms with E-state index in [4.69, 9.17) is 0 Å². The van der Waals surface area contributed by atoms with Crippen LogP contribution in [0.15, 0.2) is 48.5 Å². The third-order valence-corrected chi connectivity index (χ3v) is 5.02. The summed E-state index contributed by atoms with van der Waals surface area (Å²) in [5.74, 6) is -0.677. The number of H-pyrrole nitrogens is 1. The minimum atomic E-state index is -0.275. The van der Waals surface area contributed by atoms with Crippen molar-refractivity contribution in [2.75, 3.05) is 31.1 Å². The molecule has 1 aliphatic heterocycles. The second-order valence-electron chi connectivity index (χ2n) is 6.86. The summed E-state index contributed by atoms with van der Waals surface area (Å²) in [6.07, 6.45) is 0. The highest BCUT2D eigenvalue weighted by Crippen LogP contribution is 2.23. The number of aromatic nitrogens is 2. The van der Waals surface area contributed by atoms with Crippen LogP contribution in [0.2, 0.25) is 0 Å². The molecule has 28 heavy (non-hydrogen) atoms. The van der Waals surface area contributed by atoms with Crippen molar-refractivity contribution in [1.82, 2.24) is 15.1 Å². The Kier molecular flexibility index (Phi) is 4.81. The number of aryl methyl sites for hydroxylation is 1. The Bertz CT molecular complexity index is 1010. The molecule has 2 aromatic carbocycles. The van der Waals surface area contributed by atoms with Crippen molar-refractivity contribution in [2.24, 2.45) is 0 Å². The van der Waals surface area contributed by atoms with Crippen molar-refractivity contribution in [1.29, 1.82) is 0 Å². The van der Waals surface area contributed by atoms with Crippen molar-refractivity contribution in [3.05, 3.63) is 71.4 Å². The second-order valence-corrected chi connectivity index (χ2v) is 6.86. The third kappa shape index (κ3) is 3.47. The Morgan fingerprint density at radius 1 is 1.00 bits per heavy atom. The first-order valence-electron chi connectivity index (χ1n) is 9.13. The highest BCUT2D eigenvalue weighted by molar-refractivity contribution is 5.93. The molecule has 1 amide bonds. The van der Waals surface area contributed by atoms with Crippen LogP contribution in [0.3, 0.4) is 0 Å². The second kappa shape index (κ2) is 7.42. The molecule has 2 heterocycles. The molecule has 0 bridgehead atoms. The number of rotatable bonds is 3. The highest BCUT2D eigenvalue weighted by Gasteiger charge is 2.24. The molecule has 0 unspecified atom stereocenters. The number of benzene rings is 2. The molecular weight excluding hydrogens is 362 g/mol. The maximum Gasteiger partial charge on any atom is 0.272 e. The zero-order valence-electron chi connectivity index (χ0n) is 15.5. The smallest absolute Gasteiger partial charge is 0.272 e. The highest BCUT2D eigenvalue weighted by atomic mass is 19.1. The van der Waals surface area contributed by atoms with E-state index in [0.29, 0.717) is 48.8 Å². The largest absolute Gasteiger partial charge is 0.366 e. The molecule has 1 saturated heterocycles. The molecule has 144 valence electrons. The van der Waals surface area contributed by atoms with Crippen LogP contribution < -0.4 is 4.90 Å². The standard InChI is InChI=1S/C21H20F2N4O/c1-14-12-15(6-7-16(14)22)18-13-19(25-24-18)21(28)27-10-8-26(9-11-27)20-5-3-2-4-17(20)23/h2-7,12-13H,8-11H2,1H3,(H,24,25). The molecule has 1 N–H and O–H groups in total. The van der Waals surface area contributed by atoms with Crippen LogP contribution in [0.4, 0.5) is 14.5 Å². The molecule has 0 saturated carbocycles. The maximum absolute atomic E-state index is 14.0. The lowest BCUT2D eigenvalue weighted by Crippen LogP contribution is -2.49. The Balaban J connectivity index is 1.44. The topological polar surface area (TPSA) is 52.2 Å². The Hall–Kier alpha value is -3.22. The van der Waals surface area contributed by atoms with E-state index in [-0.39, 0.29) is 17.5 Å². The third-order valence-electron chi connectivity index (χ3n) is 5.02. The van der Waals surface area contributed by atoms with Crippen molar-refractivity contribution in [3.8, 4) is 11.3 Å². The van der Waals surface area contributed by atoms with Gasteiger partial charge in [-0.15, -0.1) is 0 Å². The lowest BCUT2D eigenvalue weighted by atomic mass is 10.1. The molecule has 0 radical (unpaired) electrons. The normalized spacial score (nSPS) is 14.4. The zero-order valence-corrected chi connectivity index (χ0v) is 15.5. The van der Waals surface area contributed by atoms with E-state index < -0.39 is 0 Å². The van der Waals surface area contributed by atoms with Gasteiger partial charge in [0, 0.05) is 31.7 Å². The van der Waals surface area contributed by atoms with E-state index in [9.17, 15) is 13.6 Å². The average Bonchev–Trinajstić information content (AvgIpc) is 3.20. The number of anilines is 1. The first-order chi connectivity index (χ1) is 13.5. The number of nitrogens with zero attached hydrogens (tertiary/aromatic N) is 3. The molecule has 3 aromatic rings. The fourth-order valence-electron chi connectivity index (χ4n) is 3.41. The summed E-state index contributed by atoms with van der Waals surface area (Å²) in [4.78, 5) is 16.4. The van der Waals surface area contributed by atoms with Crippen LogP contribution in [0.1, 0.15) is 16.1 Å². The Labute approximate surface area is 161 Å². The molecule has 7 heteroatoms. The van der Waals surface area contributed by atoms with Crippen molar-refractivity contribution < 1.29 is 13.6 Å². The average molecular weight is 382 g/mol. The number of para-hydroxylation sites is 1. The monoisotopic (exact) mass is 382 g/mol. The van der Waals surface area contributed by atoms with Gasteiger partial charge in [0.2, 0.25) is 0 Å². The number of carbonyl (C=O) groups excluding carboxylic acids is 1. The van der Waals surface area contributed by atoms with Gasteiger partial charge in [-0.2, -0.15) is 5.10 Å². The molecular formula is C21H20F2N4O. The zero-order chi connectivity index (χ0) is 19.7. The molecule has 0 aliphatic carbocycles. The van der Waals surface area contributed by atoms with Gasteiger partial charge in [0.1, 0.15) is 17.3 Å². The van der Waals surface area contributed by atoms with Crippen LogP contribution >= 0.6 is 0 Å². The number of hydrogen-bond acceptors (Lipinski definition) is 3. The summed E-state index contributed by atoms with van der Waals surface area (Å²) in [6.45, 7) is 3.80. The van der Waals surface area contributed by atoms with Gasteiger partial charge < -0.3 is 9.80 Å². The molecule has 4 rings (SSSR count). The first-order valence-corrected chi connectivity index (χ1v) is 9.13. The predicted molar refractivity (Wildman–Crippen MR) is 103 cm³/mol. The van der Waals surface area contributed by atoms with Gasteiger partial charge >= 0.3 is 0 Å². The molecule has 1 fully saturated rings. The van der Waals surface area contributed by atoms with Crippen molar-refractivity contribution in [2.45, 2.75) is 6.92 Å². The summed E-state index contributed by atoms with van der Waals surface area (Å²) in [7, 11) is 0. The lowest BCUT2D eigenvalue weighted by molar-refractivity contribution is 0.0740. The van der Waals surface area contributed by atoms with Gasteiger partial charge in [-0.3, -0.25) is 9.89 Å². The predicted octanol–water partition coefficient (Wildman–Crippen LogP) is 3.63. The van der Waals surface area contributed by atoms with E-state index >= 15 is 0 Å². The summed E-state index contributed by atoms with van der Waals surface area (Å²) in [6, 6.07) is 13.1. The summed E-state index contributed by atoms with van der Waals surface area (Å²) >= 11 is 0. The number of amides is 1. The SMILES string of the molecule is Cc1cc(-c2cc(C(=O)N3CCN(c4ccccc4F)CC3)[nH]n2)ccc1F. The summed E-state index contributed by atoms with van der Waals surface area (Å²) in [5, 5.41) is 6.97. The van der Waals surface area contributed by atoms with Crippen LogP contribution in [-0.4, -0.2) is 47.2 Å². The van der Waals surface area contributed by atoms with E-state index in [2.05, 4.69) is 10.2 Å². The Morgan fingerprint density at radius 3 is 2.46 bits per heavy atom.